The molecular formula is C12H15N3O. The number of imidazole rings is 1. The number of hydrogen-bond acceptors (Lipinski definition) is 3. The molecule has 0 fully saturated rings. The van der Waals surface area contributed by atoms with E-state index in [1.807, 2.05) is 35.8 Å². The zero-order chi connectivity index (χ0) is 11.5. The quantitative estimate of drug-likeness (QED) is 0.854. The summed E-state index contributed by atoms with van der Waals surface area (Å²) in [7, 11) is 1.65. The lowest BCUT2D eigenvalue weighted by Gasteiger charge is -2.11. The van der Waals surface area contributed by atoms with E-state index in [1.165, 1.54) is 0 Å². The molecule has 0 radical (unpaired) electrons. The monoisotopic (exact) mass is 217 g/mol. The molecule has 1 aromatic carbocycles. The number of benzene rings is 1. The van der Waals surface area contributed by atoms with E-state index in [1.54, 1.807) is 19.6 Å². The van der Waals surface area contributed by atoms with Crippen LogP contribution in [0.5, 0.6) is 5.75 Å². The molecule has 2 N–H and O–H groups in total. The van der Waals surface area contributed by atoms with Gasteiger partial charge < -0.3 is 15.0 Å². The molecule has 16 heavy (non-hydrogen) atoms. The van der Waals surface area contributed by atoms with Crippen LogP contribution in [-0.2, 0) is 0 Å². The van der Waals surface area contributed by atoms with Crippen LogP contribution < -0.4 is 10.5 Å². The molecular weight excluding hydrogens is 202 g/mol. The predicted molar refractivity (Wildman–Crippen MR) is 62.7 cm³/mol. The van der Waals surface area contributed by atoms with Gasteiger partial charge in [0.15, 0.2) is 0 Å². The molecule has 4 heteroatoms. The van der Waals surface area contributed by atoms with Gasteiger partial charge in [0, 0.05) is 12.1 Å². The Bertz CT molecular complexity index is 477. The van der Waals surface area contributed by atoms with E-state index in [0.717, 1.165) is 17.1 Å². The van der Waals surface area contributed by atoms with E-state index in [0.29, 0.717) is 0 Å². The highest BCUT2D eigenvalue weighted by Crippen LogP contribution is 2.20. The van der Waals surface area contributed by atoms with Crippen molar-refractivity contribution >= 4 is 0 Å². The highest BCUT2D eigenvalue weighted by molar-refractivity contribution is 5.40. The average molecular weight is 217 g/mol. The lowest BCUT2D eigenvalue weighted by Crippen LogP contribution is -2.10. The van der Waals surface area contributed by atoms with E-state index in [-0.39, 0.29) is 6.04 Å². The molecule has 0 saturated carbocycles. The van der Waals surface area contributed by atoms with Crippen molar-refractivity contribution in [2.45, 2.75) is 13.0 Å². The number of nitrogens with zero attached hydrogens (tertiary/aromatic N) is 2. The van der Waals surface area contributed by atoms with E-state index in [4.69, 9.17) is 10.5 Å². The van der Waals surface area contributed by atoms with Crippen molar-refractivity contribution in [2.75, 3.05) is 7.11 Å². The highest BCUT2D eigenvalue weighted by atomic mass is 16.5. The van der Waals surface area contributed by atoms with Crippen LogP contribution in [0.3, 0.4) is 0 Å². The molecule has 1 aromatic heterocycles. The Labute approximate surface area is 94.7 Å². The van der Waals surface area contributed by atoms with Crippen LogP contribution in [0.4, 0.5) is 0 Å². The first-order chi connectivity index (χ1) is 7.72. The van der Waals surface area contributed by atoms with Crippen LogP contribution in [0.15, 0.2) is 36.8 Å². The molecule has 2 aromatic rings. The minimum atomic E-state index is -0.0475. The molecule has 0 aliphatic heterocycles. The van der Waals surface area contributed by atoms with Crippen molar-refractivity contribution in [2.24, 2.45) is 5.73 Å². The maximum absolute atomic E-state index is 5.87. The summed E-state index contributed by atoms with van der Waals surface area (Å²) in [5.41, 5.74) is 7.86. The Morgan fingerprint density at radius 2 is 2.25 bits per heavy atom. The van der Waals surface area contributed by atoms with Crippen molar-refractivity contribution in [3.8, 4) is 11.4 Å². The SMILES string of the molecule is COc1cccc(-n2cncc2C(C)N)c1. The second-order valence-corrected chi connectivity index (χ2v) is 3.68. The second kappa shape index (κ2) is 4.37. The van der Waals surface area contributed by atoms with Gasteiger partial charge in [-0.05, 0) is 19.1 Å². The van der Waals surface area contributed by atoms with Gasteiger partial charge in [-0.2, -0.15) is 0 Å². The Morgan fingerprint density at radius 3 is 2.94 bits per heavy atom. The van der Waals surface area contributed by atoms with E-state index in [9.17, 15) is 0 Å². The third kappa shape index (κ3) is 1.92. The van der Waals surface area contributed by atoms with Crippen LogP contribution in [0.25, 0.3) is 5.69 Å². The number of hydrogen-bond donors (Lipinski definition) is 1. The van der Waals surface area contributed by atoms with Gasteiger partial charge in [-0.1, -0.05) is 6.07 Å². The number of rotatable bonds is 3. The first kappa shape index (κ1) is 10.7. The maximum atomic E-state index is 5.87. The Balaban J connectivity index is 2.46. The van der Waals surface area contributed by atoms with Crippen LogP contribution >= 0.6 is 0 Å². The molecule has 1 heterocycles. The summed E-state index contributed by atoms with van der Waals surface area (Å²) in [6.07, 6.45) is 3.54. The predicted octanol–water partition coefficient (Wildman–Crippen LogP) is 1.90. The van der Waals surface area contributed by atoms with Gasteiger partial charge in [0.05, 0.1) is 31.0 Å². The van der Waals surface area contributed by atoms with Gasteiger partial charge in [0.2, 0.25) is 0 Å². The molecule has 1 atom stereocenters. The minimum absolute atomic E-state index is 0.0475. The first-order valence-corrected chi connectivity index (χ1v) is 5.14. The van der Waals surface area contributed by atoms with Crippen molar-refractivity contribution < 1.29 is 4.74 Å². The smallest absolute Gasteiger partial charge is 0.120 e. The normalized spacial score (nSPS) is 12.4. The summed E-state index contributed by atoms with van der Waals surface area (Å²) in [5, 5.41) is 0. The van der Waals surface area contributed by atoms with E-state index in [2.05, 4.69) is 4.98 Å². The second-order valence-electron chi connectivity index (χ2n) is 3.68. The molecule has 0 spiro atoms. The standard InChI is InChI=1S/C12H15N3O/c1-9(13)12-7-14-8-15(12)10-4-3-5-11(6-10)16-2/h3-9H,13H2,1-2H3. The van der Waals surface area contributed by atoms with Gasteiger partial charge >= 0.3 is 0 Å². The van der Waals surface area contributed by atoms with Gasteiger partial charge in [0.25, 0.3) is 0 Å². The number of methoxy groups -OCH3 is 1. The number of nitrogens with two attached hydrogens (primary N) is 1. The molecule has 0 aliphatic carbocycles. The fourth-order valence-corrected chi connectivity index (χ4v) is 1.62. The molecule has 84 valence electrons. The lowest BCUT2D eigenvalue weighted by atomic mass is 10.2. The third-order valence-corrected chi connectivity index (χ3v) is 2.47. The fourth-order valence-electron chi connectivity index (χ4n) is 1.62. The Morgan fingerprint density at radius 1 is 1.44 bits per heavy atom. The lowest BCUT2D eigenvalue weighted by molar-refractivity contribution is 0.414. The van der Waals surface area contributed by atoms with Crippen molar-refractivity contribution in [1.29, 1.82) is 0 Å². The summed E-state index contributed by atoms with van der Waals surface area (Å²) in [6, 6.07) is 7.75. The molecule has 2 rings (SSSR count). The minimum Gasteiger partial charge on any atom is -0.497 e. The molecule has 4 nitrogen and oxygen atoms in total. The highest BCUT2D eigenvalue weighted by Gasteiger charge is 2.08. The van der Waals surface area contributed by atoms with Gasteiger partial charge in [-0.3, -0.25) is 0 Å². The number of aromatic nitrogens is 2. The zero-order valence-electron chi connectivity index (χ0n) is 9.42. The summed E-state index contributed by atoms with van der Waals surface area (Å²) in [5.74, 6) is 0.821. The van der Waals surface area contributed by atoms with Crippen molar-refractivity contribution in [3.05, 3.63) is 42.5 Å². The van der Waals surface area contributed by atoms with Crippen LogP contribution in [0.2, 0.25) is 0 Å². The average Bonchev–Trinajstić information content (AvgIpc) is 2.78. The topological polar surface area (TPSA) is 53.1 Å². The Kier molecular flexibility index (Phi) is 2.92. The maximum Gasteiger partial charge on any atom is 0.120 e. The molecule has 0 amide bonds. The van der Waals surface area contributed by atoms with Crippen molar-refractivity contribution in [3.63, 3.8) is 0 Å². The molecule has 1 unspecified atom stereocenters. The molecule has 0 bridgehead atoms. The van der Waals surface area contributed by atoms with E-state index >= 15 is 0 Å². The van der Waals surface area contributed by atoms with Gasteiger partial charge in [0.1, 0.15) is 5.75 Å². The number of ether oxygens (including phenoxy) is 1. The first-order valence-electron chi connectivity index (χ1n) is 5.14. The molecule has 0 aliphatic rings. The molecule has 0 saturated heterocycles. The zero-order valence-corrected chi connectivity index (χ0v) is 9.42. The van der Waals surface area contributed by atoms with Crippen LogP contribution in [0.1, 0.15) is 18.7 Å². The van der Waals surface area contributed by atoms with Crippen LogP contribution in [-0.4, -0.2) is 16.7 Å². The van der Waals surface area contributed by atoms with Crippen LogP contribution in [0, 0.1) is 0 Å². The summed E-state index contributed by atoms with van der Waals surface area (Å²) < 4.78 is 7.15. The van der Waals surface area contributed by atoms with Crippen molar-refractivity contribution in [1.82, 2.24) is 9.55 Å². The third-order valence-electron chi connectivity index (χ3n) is 2.47. The van der Waals surface area contributed by atoms with E-state index < -0.39 is 0 Å². The summed E-state index contributed by atoms with van der Waals surface area (Å²) in [4.78, 5) is 4.12. The largest absolute Gasteiger partial charge is 0.497 e. The summed E-state index contributed by atoms with van der Waals surface area (Å²) in [6.45, 7) is 1.94. The Hall–Kier alpha value is -1.81. The van der Waals surface area contributed by atoms with Gasteiger partial charge in [-0.15, -0.1) is 0 Å². The fraction of sp³-hybridized carbons (Fsp3) is 0.250. The summed E-state index contributed by atoms with van der Waals surface area (Å²) >= 11 is 0. The van der Waals surface area contributed by atoms with Gasteiger partial charge in [-0.25, -0.2) is 4.98 Å².